The fourth-order valence-electron chi connectivity index (χ4n) is 1.60. The minimum atomic E-state index is -3.55. The number of aryl methyl sites for hydroxylation is 1. The van der Waals surface area contributed by atoms with Gasteiger partial charge < -0.3 is 0 Å². The van der Waals surface area contributed by atoms with Crippen molar-refractivity contribution in [2.45, 2.75) is 18.4 Å². The summed E-state index contributed by atoms with van der Waals surface area (Å²) >= 11 is 9.29. The van der Waals surface area contributed by atoms with Crippen LogP contribution in [0.2, 0.25) is 5.02 Å². The summed E-state index contributed by atoms with van der Waals surface area (Å²) in [5, 5.41) is 0.441. The number of benzene rings is 2. The van der Waals surface area contributed by atoms with E-state index in [-0.39, 0.29) is 11.4 Å². The summed E-state index contributed by atoms with van der Waals surface area (Å²) in [7, 11) is -3.55. The summed E-state index contributed by atoms with van der Waals surface area (Å²) in [6, 6.07) is 12.1. The Morgan fingerprint density at radius 2 is 1.80 bits per heavy atom. The molecule has 2 aromatic rings. The molecule has 0 saturated carbocycles. The van der Waals surface area contributed by atoms with Crippen LogP contribution in [0.25, 0.3) is 0 Å². The Morgan fingerprint density at radius 1 is 1.15 bits per heavy atom. The first-order valence-corrected chi connectivity index (χ1v) is 8.54. The van der Waals surface area contributed by atoms with E-state index >= 15 is 0 Å². The van der Waals surface area contributed by atoms with E-state index in [0.29, 0.717) is 5.02 Å². The van der Waals surface area contributed by atoms with Crippen molar-refractivity contribution in [3.05, 3.63) is 63.1 Å². The van der Waals surface area contributed by atoms with E-state index in [1.807, 2.05) is 31.2 Å². The molecule has 2 rings (SSSR count). The fraction of sp³-hybridized carbons (Fsp3) is 0.143. The standard InChI is InChI=1S/C14H13BrClNO2S/c1-10-2-7-13(8-14(10)16)20(18,19)17-9-11-3-5-12(15)6-4-11/h2-8,17H,9H2,1H3. The van der Waals surface area contributed by atoms with E-state index < -0.39 is 10.0 Å². The van der Waals surface area contributed by atoms with Crippen LogP contribution in [0.4, 0.5) is 0 Å². The molecule has 0 aromatic heterocycles. The topological polar surface area (TPSA) is 46.2 Å². The van der Waals surface area contributed by atoms with Gasteiger partial charge in [0.1, 0.15) is 0 Å². The highest BCUT2D eigenvalue weighted by Gasteiger charge is 2.14. The monoisotopic (exact) mass is 373 g/mol. The Labute approximate surface area is 132 Å². The summed E-state index contributed by atoms with van der Waals surface area (Å²) in [5.41, 5.74) is 1.73. The van der Waals surface area contributed by atoms with Crippen molar-refractivity contribution in [3.63, 3.8) is 0 Å². The molecule has 20 heavy (non-hydrogen) atoms. The minimum absolute atomic E-state index is 0.171. The number of hydrogen-bond acceptors (Lipinski definition) is 2. The lowest BCUT2D eigenvalue weighted by molar-refractivity contribution is 0.581. The average molecular weight is 375 g/mol. The molecule has 0 spiro atoms. The van der Waals surface area contributed by atoms with Crippen molar-refractivity contribution in [1.82, 2.24) is 4.72 Å². The zero-order chi connectivity index (χ0) is 14.8. The molecule has 0 unspecified atom stereocenters. The highest BCUT2D eigenvalue weighted by atomic mass is 79.9. The number of hydrogen-bond donors (Lipinski definition) is 1. The van der Waals surface area contributed by atoms with E-state index in [1.54, 1.807) is 12.1 Å². The molecule has 0 heterocycles. The van der Waals surface area contributed by atoms with Crippen molar-refractivity contribution in [3.8, 4) is 0 Å². The summed E-state index contributed by atoms with van der Waals surface area (Å²) in [5.74, 6) is 0. The Bertz CT molecular complexity index is 714. The third kappa shape index (κ3) is 3.82. The third-order valence-corrected chi connectivity index (χ3v) is 5.17. The number of nitrogens with one attached hydrogen (secondary N) is 1. The average Bonchev–Trinajstić information content (AvgIpc) is 2.41. The van der Waals surface area contributed by atoms with Gasteiger partial charge in [0, 0.05) is 16.0 Å². The molecule has 1 N–H and O–H groups in total. The van der Waals surface area contributed by atoms with Crippen molar-refractivity contribution < 1.29 is 8.42 Å². The van der Waals surface area contributed by atoms with Gasteiger partial charge in [-0.2, -0.15) is 0 Å². The second-order valence-electron chi connectivity index (χ2n) is 4.36. The summed E-state index contributed by atoms with van der Waals surface area (Å²) in [6.07, 6.45) is 0. The minimum Gasteiger partial charge on any atom is -0.207 e. The number of halogens is 2. The molecule has 0 amide bonds. The van der Waals surface area contributed by atoms with Crippen LogP contribution in [0.5, 0.6) is 0 Å². The molecule has 0 saturated heterocycles. The maximum atomic E-state index is 12.2. The second kappa shape index (κ2) is 6.26. The molecule has 0 aliphatic carbocycles. The molecular weight excluding hydrogens is 362 g/mol. The van der Waals surface area contributed by atoms with Gasteiger partial charge in [0.2, 0.25) is 10.0 Å². The third-order valence-electron chi connectivity index (χ3n) is 2.83. The molecular formula is C14H13BrClNO2S. The van der Waals surface area contributed by atoms with Gasteiger partial charge in [-0.05, 0) is 42.3 Å². The Hall–Kier alpha value is -0.880. The van der Waals surface area contributed by atoms with Gasteiger partial charge >= 0.3 is 0 Å². The van der Waals surface area contributed by atoms with Crippen LogP contribution in [-0.4, -0.2) is 8.42 Å². The molecule has 6 heteroatoms. The van der Waals surface area contributed by atoms with E-state index in [9.17, 15) is 8.42 Å². The van der Waals surface area contributed by atoms with Crippen molar-refractivity contribution in [1.29, 1.82) is 0 Å². The summed E-state index contributed by atoms with van der Waals surface area (Å²) in [6.45, 7) is 2.06. The fourth-order valence-corrected chi connectivity index (χ4v) is 3.16. The van der Waals surface area contributed by atoms with Crippen molar-refractivity contribution in [2.24, 2.45) is 0 Å². The largest absolute Gasteiger partial charge is 0.240 e. The normalized spacial score (nSPS) is 11.6. The first-order valence-electron chi connectivity index (χ1n) is 5.89. The molecule has 106 valence electrons. The second-order valence-corrected chi connectivity index (χ2v) is 7.45. The first-order chi connectivity index (χ1) is 9.38. The Balaban J connectivity index is 2.14. The smallest absolute Gasteiger partial charge is 0.207 e. The van der Waals surface area contributed by atoms with Crippen LogP contribution in [0.1, 0.15) is 11.1 Å². The lowest BCUT2D eigenvalue weighted by Gasteiger charge is -2.08. The highest BCUT2D eigenvalue weighted by Crippen LogP contribution is 2.20. The van der Waals surface area contributed by atoms with Crippen molar-refractivity contribution >= 4 is 37.6 Å². The van der Waals surface area contributed by atoms with Gasteiger partial charge in [-0.25, -0.2) is 13.1 Å². The van der Waals surface area contributed by atoms with Crippen LogP contribution in [0, 0.1) is 6.92 Å². The molecule has 0 atom stereocenters. The Kier molecular flexibility index (Phi) is 4.86. The van der Waals surface area contributed by atoms with Crippen LogP contribution in [0.15, 0.2) is 51.8 Å². The molecule has 0 aliphatic rings. The van der Waals surface area contributed by atoms with Gasteiger partial charge in [-0.3, -0.25) is 0 Å². The summed E-state index contributed by atoms with van der Waals surface area (Å²) in [4.78, 5) is 0.171. The number of rotatable bonds is 4. The SMILES string of the molecule is Cc1ccc(S(=O)(=O)NCc2ccc(Br)cc2)cc1Cl. The first kappa shape index (κ1) is 15.5. The van der Waals surface area contributed by atoms with E-state index in [0.717, 1.165) is 15.6 Å². The predicted octanol–water partition coefficient (Wildman–Crippen LogP) is 3.89. The van der Waals surface area contributed by atoms with Crippen LogP contribution in [-0.2, 0) is 16.6 Å². The lowest BCUT2D eigenvalue weighted by Crippen LogP contribution is -2.23. The molecule has 0 radical (unpaired) electrons. The quantitative estimate of drug-likeness (QED) is 0.882. The summed E-state index contributed by atoms with van der Waals surface area (Å²) < 4.78 is 27.8. The zero-order valence-electron chi connectivity index (χ0n) is 10.7. The van der Waals surface area contributed by atoms with Crippen LogP contribution in [0.3, 0.4) is 0 Å². The van der Waals surface area contributed by atoms with E-state index in [1.165, 1.54) is 6.07 Å². The van der Waals surface area contributed by atoms with E-state index in [4.69, 9.17) is 11.6 Å². The predicted molar refractivity (Wildman–Crippen MR) is 84.4 cm³/mol. The van der Waals surface area contributed by atoms with Gasteiger partial charge in [-0.1, -0.05) is 45.7 Å². The van der Waals surface area contributed by atoms with E-state index in [2.05, 4.69) is 20.7 Å². The van der Waals surface area contributed by atoms with Crippen LogP contribution >= 0.6 is 27.5 Å². The van der Waals surface area contributed by atoms with Crippen LogP contribution < -0.4 is 4.72 Å². The molecule has 0 bridgehead atoms. The lowest BCUT2D eigenvalue weighted by atomic mass is 10.2. The molecule has 2 aromatic carbocycles. The van der Waals surface area contributed by atoms with Crippen molar-refractivity contribution in [2.75, 3.05) is 0 Å². The highest BCUT2D eigenvalue weighted by molar-refractivity contribution is 9.10. The number of sulfonamides is 1. The molecule has 0 fully saturated rings. The molecule has 3 nitrogen and oxygen atoms in total. The maximum Gasteiger partial charge on any atom is 0.240 e. The van der Waals surface area contributed by atoms with Gasteiger partial charge in [0.25, 0.3) is 0 Å². The molecule has 0 aliphatic heterocycles. The zero-order valence-corrected chi connectivity index (χ0v) is 13.9. The maximum absolute atomic E-state index is 12.2. The van der Waals surface area contributed by atoms with Gasteiger partial charge in [0.15, 0.2) is 0 Å². The van der Waals surface area contributed by atoms with Gasteiger partial charge in [-0.15, -0.1) is 0 Å². The Morgan fingerprint density at radius 3 is 2.40 bits per heavy atom. The van der Waals surface area contributed by atoms with Gasteiger partial charge in [0.05, 0.1) is 4.90 Å².